The number of hydrogen-bond acceptors (Lipinski definition) is 3. The molecule has 5 heteroatoms. The number of nitrogen functional groups attached to an aromatic ring is 1. The summed E-state index contributed by atoms with van der Waals surface area (Å²) in [5.41, 5.74) is 6.45. The molecule has 0 aliphatic heterocycles. The van der Waals surface area contributed by atoms with Crippen LogP contribution in [0.4, 0.5) is 10.1 Å². The van der Waals surface area contributed by atoms with Gasteiger partial charge in [0.1, 0.15) is 5.15 Å². The second-order valence-electron chi connectivity index (χ2n) is 3.52. The van der Waals surface area contributed by atoms with Gasteiger partial charge in [0, 0.05) is 0 Å². The third-order valence-corrected chi connectivity index (χ3v) is 2.43. The van der Waals surface area contributed by atoms with Crippen molar-refractivity contribution in [3.05, 3.63) is 46.9 Å². The topological polar surface area (TPSA) is 48.1 Å². The van der Waals surface area contributed by atoms with E-state index in [0.29, 0.717) is 11.3 Å². The number of nitrogens with two attached hydrogens (primary N) is 1. The van der Waals surface area contributed by atoms with Gasteiger partial charge in [-0.25, -0.2) is 4.39 Å². The standard InChI is InChI=1S/C12H10ClFN2O/c1-7-3-2-4-9(11(7)14)17-12-8(15)5-6-10(13)16-12/h2-6H,15H2,1H3. The largest absolute Gasteiger partial charge is 0.434 e. The van der Waals surface area contributed by atoms with Crippen molar-refractivity contribution >= 4 is 17.3 Å². The molecule has 17 heavy (non-hydrogen) atoms. The minimum Gasteiger partial charge on any atom is -0.434 e. The van der Waals surface area contributed by atoms with E-state index in [4.69, 9.17) is 22.1 Å². The SMILES string of the molecule is Cc1cccc(Oc2nc(Cl)ccc2N)c1F. The summed E-state index contributed by atoms with van der Waals surface area (Å²) in [4.78, 5) is 3.89. The average molecular weight is 253 g/mol. The first-order valence-electron chi connectivity index (χ1n) is 4.93. The maximum Gasteiger partial charge on any atom is 0.244 e. The van der Waals surface area contributed by atoms with Crippen molar-refractivity contribution in [1.29, 1.82) is 0 Å². The Morgan fingerprint density at radius 3 is 2.82 bits per heavy atom. The Morgan fingerprint density at radius 1 is 1.29 bits per heavy atom. The third-order valence-electron chi connectivity index (χ3n) is 2.22. The average Bonchev–Trinajstić information content (AvgIpc) is 2.30. The maximum absolute atomic E-state index is 13.7. The zero-order valence-corrected chi connectivity index (χ0v) is 9.83. The molecule has 2 rings (SSSR count). The number of hydrogen-bond donors (Lipinski definition) is 1. The molecule has 0 amide bonds. The number of halogens is 2. The molecule has 1 aromatic heterocycles. The van der Waals surface area contributed by atoms with E-state index >= 15 is 0 Å². The number of pyridine rings is 1. The molecule has 88 valence electrons. The van der Waals surface area contributed by atoms with Crippen LogP contribution in [0, 0.1) is 12.7 Å². The smallest absolute Gasteiger partial charge is 0.244 e. The van der Waals surface area contributed by atoms with Crippen LogP contribution < -0.4 is 10.5 Å². The summed E-state index contributed by atoms with van der Waals surface area (Å²) < 4.78 is 19.0. The molecule has 0 unspecified atom stereocenters. The molecule has 0 spiro atoms. The molecular weight excluding hydrogens is 243 g/mol. The van der Waals surface area contributed by atoms with E-state index in [1.807, 2.05) is 0 Å². The Bertz CT molecular complexity index is 560. The van der Waals surface area contributed by atoms with Crippen molar-refractivity contribution in [1.82, 2.24) is 4.98 Å². The lowest BCUT2D eigenvalue weighted by molar-refractivity contribution is 0.428. The van der Waals surface area contributed by atoms with E-state index in [9.17, 15) is 4.39 Å². The number of anilines is 1. The maximum atomic E-state index is 13.7. The van der Waals surface area contributed by atoms with E-state index in [2.05, 4.69) is 4.98 Å². The highest BCUT2D eigenvalue weighted by molar-refractivity contribution is 6.29. The normalized spacial score (nSPS) is 10.3. The van der Waals surface area contributed by atoms with Crippen LogP contribution in [0.25, 0.3) is 0 Å². The molecule has 3 nitrogen and oxygen atoms in total. The van der Waals surface area contributed by atoms with Crippen LogP contribution in [0.2, 0.25) is 5.15 Å². The van der Waals surface area contributed by atoms with Crippen molar-refractivity contribution in [3.8, 4) is 11.6 Å². The number of nitrogens with zero attached hydrogens (tertiary/aromatic N) is 1. The van der Waals surface area contributed by atoms with E-state index in [1.165, 1.54) is 12.1 Å². The predicted octanol–water partition coefficient (Wildman–Crippen LogP) is 3.56. The van der Waals surface area contributed by atoms with Crippen molar-refractivity contribution < 1.29 is 9.13 Å². The lowest BCUT2D eigenvalue weighted by Gasteiger charge is -2.09. The summed E-state index contributed by atoms with van der Waals surface area (Å²) in [5.74, 6) is -0.262. The first kappa shape index (κ1) is 11.7. The summed E-state index contributed by atoms with van der Waals surface area (Å²) in [6, 6.07) is 7.94. The van der Waals surface area contributed by atoms with Crippen molar-refractivity contribution in [2.45, 2.75) is 6.92 Å². The van der Waals surface area contributed by atoms with E-state index in [1.54, 1.807) is 25.1 Å². The molecule has 0 fully saturated rings. The van der Waals surface area contributed by atoms with Crippen LogP contribution in [0.5, 0.6) is 11.6 Å². The first-order valence-corrected chi connectivity index (χ1v) is 5.30. The summed E-state index contributed by atoms with van der Waals surface area (Å²) in [6.45, 7) is 1.65. The van der Waals surface area contributed by atoms with Gasteiger partial charge in [-0.05, 0) is 30.7 Å². The van der Waals surface area contributed by atoms with E-state index in [-0.39, 0.29) is 16.8 Å². The summed E-state index contributed by atoms with van der Waals surface area (Å²) in [5, 5.41) is 0.238. The van der Waals surface area contributed by atoms with Gasteiger partial charge in [0.2, 0.25) is 5.88 Å². The van der Waals surface area contributed by atoms with Gasteiger partial charge < -0.3 is 10.5 Å². The van der Waals surface area contributed by atoms with Gasteiger partial charge in [-0.2, -0.15) is 4.98 Å². The Hall–Kier alpha value is -1.81. The van der Waals surface area contributed by atoms with Crippen LogP contribution >= 0.6 is 11.6 Å². The van der Waals surface area contributed by atoms with Gasteiger partial charge in [-0.3, -0.25) is 0 Å². The highest BCUT2D eigenvalue weighted by Gasteiger charge is 2.10. The number of ether oxygens (including phenoxy) is 1. The molecule has 2 aromatic rings. The highest BCUT2D eigenvalue weighted by atomic mass is 35.5. The fraction of sp³-hybridized carbons (Fsp3) is 0.0833. The van der Waals surface area contributed by atoms with Gasteiger partial charge in [0.15, 0.2) is 11.6 Å². The van der Waals surface area contributed by atoms with Crippen LogP contribution in [0.3, 0.4) is 0 Å². The number of benzene rings is 1. The fourth-order valence-corrected chi connectivity index (χ4v) is 1.45. The Morgan fingerprint density at radius 2 is 2.06 bits per heavy atom. The molecule has 0 aliphatic carbocycles. The Kier molecular flexibility index (Phi) is 3.15. The Balaban J connectivity index is 2.38. The lowest BCUT2D eigenvalue weighted by atomic mass is 10.2. The molecule has 2 N–H and O–H groups in total. The van der Waals surface area contributed by atoms with Crippen molar-refractivity contribution in [3.63, 3.8) is 0 Å². The van der Waals surface area contributed by atoms with Crippen LogP contribution in [0.15, 0.2) is 30.3 Å². The van der Waals surface area contributed by atoms with E-state index in [0.717, 1.165) is 0 Å². The minimum atomic E-state index is -0.436. The van der Waals surface area contributed by atoms with Gasteiger partial charge >= 0.3 is 0 Å². The van der Waals surface area contributed by atoms with E-state index < -0.39 is 5.82 Å². The second-order valence-corrected chi connectivity index (χ2v) is 3.90. The van der Waals surface area contributed by atoms with Gasteiger partial charge in [-0.15, -0.1) is 0 Å². The van der Waals surface area contributed by atoms with Crippen molar-refractivity contribution in [2.75, 3.05) is 5.73 Å². The highest BCUT2D eigenvalue weighted by Crippen LogP contribution is 2.29. The monoisotopic (exact) mass is 252 g/mol. The molecular formula is C12H10ClFN2O. The first-order chi connectivity index (χ1) is 8.08. The zero-order valence-electron chi connectivity index (χ0n) is 9.08. The van der Waals surface area contributed by atoms with Crippen LogP contribution in [-0.4, -0.2) is 4.98 Å². The quantitative estimate of drug-likeness (QED) is 0.832. The van der Waals surface area contributed by atoms with Crippen LogP contribution in [0.1, 0.15) is 5.56 Å². The summed E-state index contributed by atoms with van der Waals surface area (Å²) in [6.07, 6.45) is 0. The molecule has 1 heterocycles. The third kappa shape index (κ3) is 2.47. The Labute approximate surface area is 103 Å². The molecule has 0 radical (unpaired) electrons. The van der Waals surface area contributed by atoms with Gasteiger partial charge in [-0.1, -0.05) is 23.7 Å². The molecule has 1 aromatic carbocycles. The molecule has 0 aliphatic rings. The minimum absolute atomic E-state index is 0.0754. The lowest BCUT2D eigenvalue weighted by Crippen LogP contribution is -1.97. The summed E-state index contributed by atoms with van der Waals surface area (Å²) in [7, 11) is 0. The fourth-order valence-electron chi connectivity index (χ4n) is 1.31. The molecule has 0 atom stereocenters. The number of aromatic nitrogens is 1. The predicted molar refractivity (Wildman–Crippen MR) is 64.9 cm³/mol. The van der Waals surface area contributed by atoms with Gasteiger partial charge in [0.25, 0.3) is 0 Å². The molecule has 0 saturated heterocycles. The molecule has 0 saturated carbocycles. The van der Waals surface area contributed by atoms with Gasteiger partial charge in [0.05, 0.1) is 5.69 Å². The van der Waals surface area contributed by atoms with Crippen LogP contribution in [-0.2, 0) is 0 Å². The van der Waals surface area contributed by atoms with Crippen molar-refractivity contribution in [2.24, 2.45) is 0 Å². The number of aryl methyl sites for hydroxylation is 1. The summed E-state index contributed by atoms with van der Waals surface area (Å²) >= 11 is 5.71. The zero-order chi connectivity index (χ0) is 12.4. The second kappa shape index (κ2) is 4.59. The molecule has 0 bridgehead atoms. The number of rotatable bonds is 2.